The van der Waals surface area contributed by atoms with Gasteiger partial charge >= 0.3 is 5.97 Å². The van der Waals surface area contributed by atoms with Crippen LogP contribution in [0.25, 0.3) is 0 Å². The van der Waals surface area contributed by atoms with Gasteiger partial charge in [-0.1, -0.05) is 62.2 Å². The highest BCUT2D eigenvalue weighted by molar-refractivity contribution is 9.12. The highest BCUT2D eigenvalue weighted by Crippen LogP contribution is 2.05. The van der Waals surface area contributed by atoms with E-state index in [9.17, 15) is 4.79 Å². The molecule has 1 rings (SSSR count). The van der Waals surface area contributed by atoms with Gasteiger partial charge in [0, 0.05) is 5.33 Å². The fourth-order valence-corrected chi connectivity index (χ4v) is 1.36. The Morgan fingerprint density at radius 1 is 1.33 bits per heavy atom. The van der Waals surface area contributed by atoms with Gasteiger partial charge in [0.15, 0.2) is 0 Å². The van der Waals surface area contributed by atoms with Crippen LogP contribution in [-0.2, 0) is 16.0 Å². The van der Waals surface area contributed by atoms with E-state index in [1.165, 1.54) is 0 Å². The number of carbonyl (C=O) groups excluding carboxylic acids is 1. The van der Waals surface area contributed by atoms with Crippen molar-refractivity contribution >= 4 is 37.8 Å². The van der Waals surface area contributed by atoms with E-state index in [1.54, 1.807) is 0 Å². The van der Waals surface area contributed by atoms with Crippen LogP contribution >= 0.6 is 31.9 Å². The molecular weight excluding hydrogens is 324 g/mol. The number of esters is 1. The average molecular weight is 336 g/mol. The lowest BCUT2D eigenvalue weighted by Gasteiger charge is -2.07. The Morgan fingerprint density at radius 3 is 2.60 bits per heavy atom. The molecule has 15 heavy (non-hydrogen) atoms. The molecule has 0 aliphatic rings. The summed E-state index contributed by atoms with van der Waals surface area (Å²) < 4.78 is 5.08. The second kappa shape index (κ2) is 7.01. The molecule has 0 saturated heterocycles. The Bertz CT molecular complexity index is 301. The molecular formula is C11H12Br2O2. The van der Waals surface area contributed by atoms with Crippen LogP contribution in [0.3, 0.4) is 0 Å². The van der Waals surface area contributed by atoms with Crippen molar-refractivity contribution in [1.29, 1.82) is 0 Å². The minimum atomic E-state index is -0.188. The van der Waals surface area contributed by atoms with Gasteiger partial charge in [-0.15, -0.1) is 0 Å². The van der Waals surface area contributed by atoms with E-state index in [2.05, 4.69) is 31.9 Å². The first-order valence-corrected chi connectivity index (χ1v) is 6.65. The smallest absolute Gasteiger partial charge is 0.310 e. The molecule has 0 saturated carbocycles. The van der Waals surface area contributed by atoms with E-state index in [0.717, 1.165) is 10.9 Å². The van der Waals surface area contributed by atoms with E-state index in [1.807, 2.05) is 30.3 Å². The second-order valence-corrected chi connectivity index (χ2v) is 5.04. The summed E-state index contributed by atoms with van der Waals surface area (Å²) in [7, 11) is 0. The van der Waals surface area contributed by atoms with Crippen molar-refractivity contribution in [2.45, 2.75) is 11.2 Å². The molecule has 1 unspecified atom stereocenters. The molecule has 4 heteroatoms. The van der Waals surface area contributed by atoms with Crippen LogP contribution in [0.2, 0.25) is 0 Å². The normalized spacial score (nSPS) is 12.1. The summed E-state index contributed by atoms with van der Waals surface area (Å²) in [6.45, 7) is 0.400. The van der Waals surface area contributed by atoms with Crippen molar-refractivity contribution in [3.63, 3.8) is 0 Å². The van der Waals surface area contributed by atoms with Crippen molar-refractivity contribution in [2.24, 2.45) is 0 Å². The summed E-state index contributed by atoms with van der Waals surface area (Å²) >= 11 is 6.66. The third-order valence-electron chi connectivity index (χ3n) is 1.78. The minimum absolute atomic E-state index is 0.178. The summed E-state index contributed by atoms with van der Waals surface area (Å²) in [4.78, 5) is 11.6. The first-order valence-electron chi connectivity index (χ1n) is 4.62. The van der Waals surface area contributed by atoms with Gasteiger partial charge in [-0.05, 0) is 5.56 Å². The van der Waals surface area contributed by atoms with E-state index in [4.69, 9.17) is 4.74 Å². The zero-order chi connectivity index (χ0) is 11.1. The van der Waals surface area contributed by atoms with Crippen LogP contribution in [0.1, 0.15) is 5.56 Å². The van der Waals surface area contributed by atoms with Crippen LogP contribution in [0.4, 0.5) is 0 Å². The molecule has 0 amide bonds. The predicted molar refractivity (Wildman–Crippen MR) is 67.6 cm³/mol. The molecule has 0 N–H and O–H groups in total. The summed E-state index contributed by atoms with van der Waals surface area (Å²) in [6.07, 6.45) is 0.336. The molecule has 2 nitrogen and oxygen atoms in total. The summed E-state index contributed by atoms with van der Waals surface area (Å²) in [5, 5.41) is 0.769. The lowest BCUT2D eigenvalue weighted by Crippen LogP contribution is -2.16. The number of alkyl halides is 2. The van der Waals surface area contributed by atoms with Crippen molar-refractivity contribution in [3.05, 3.63) is 35.9 Å². The molecule has 0 bridgehead atoms. The van der Waals surface area contributed by atoms with Crippen molar-refractivity contribution in [1.82, 2.24) is 0 Å². The third kappa shape index (κ3) is 5.33. The average Bonchev–Trinajstić information content (AvgIpc) is 2.27. The Labute approximate surface area is 106 Å². The topological polar surface area (TPSA) is 26.3 Å². The number of ether oxygens (including phenoxy) is 1. The molecule has 1 aromatic carbocycles. The minimum Gasteiger partial charge on any atom is -0.464 e. The van der Waals surface area contributed by atoms with Crippen molar-refractivity contribution < 1.29 is 9.53 Å². The number of rotatable bonds is 5. The number of carbonyl (C=O) groups is 1. The molecule has 0 spiro atoms. The first kappa shape index (κ1) is 12.7. The Hall–Kier alpha value is -0.350. The summed E-state index contributed by atoms with van der Waals surface area (Å²) in [5.74, 6) is -0.188. The Balaban J connectivity index is 2.31. The van der Waals surface area contributed by atoms with Gasteiger partial charge in [0.2, 0.25) is 0 Å². The highest BCUT2D eigenvalue weighted by Gasteiger charge is 2.07. The van der Waals surface area contributed by atoms with Gasteiger partial charge in [-0.3, -0.25) is 4.79 Å². The number of hydrogen-bond acceptors (Lipinski definition) is 2. The number of benzene rings is 1. The molecule has 82 valence electrons. The largest absolute Gasteiger partial charge is 0.464 e. The van der Waals surface area contributed by atoms with Gasteiger partial charge in [0.1, 0.15) is 6.61 Å². The van der Waals surface area contributed by atoms with Gasteiger partial charge in [-0.2, -0.15) is 0 Å². The lowest BCUT2D eigenvalue weighted by atomic mass is 10.2. The zero-order valence-corrected chi connectivity index (χ0v) is 11.3. The maximum atomic E-state index is 11.4. The Kier molecular flexibility index (Phi) is 5.95. The SMILES string of the molecule is O=C(Cc1ccccc1)OCC(Br)CBr. The van der Waals surface area contributed by atoms with Crippen molar-refractivity contribution in [2.75, 3.05) is 11.9 Å². The fourth-order valence-electron chi connectivity index (χ4n) is 1.04. The van der Waals surface area contributed by atoms with Crippen molar-refractivity contribution in [3.8, 4) is 0 Å². The molecule has 0 radical (unpaired) electrons. The standard InChI is InChI=1S/C11H12Br2O2/c12-7-10(13)8-15-11(14)6-9-4-2-1-3-5-9/h1-5,10H,6-8H2. The van der Waals surface area contributed by atoms with Crippen LogP contribution < -0.4 is 0 Å². The number of hydrogen-bond donors (Lipinski definition) is 0. The second-order valence-electron chi connectivity index (χ2n) is 3.10. The quantitative estimate of drug-likeness (QED) is 0.611. The lowest BCUT2D eigenvalue weighted by molar-refractivity contribution is -0.142. The molecule has 0 aliphatic carbocycles. The maximum Gasteiger partial charge on any atom is 0.310 e. The van der Waals surface area contributed by atoms with Gasteiger partial charge < -0.3 is 4.74 Å². The van der Waals surface area contributed by atoms with Crippen LogP contribution in [0, 0.1) is 0 Å². The molecule has 0 aliphatic heterocycles. The zero-order valence-electron chi connectivity index (χ0n) is 8.16. The predicted octanol–water partition coefficient (Wildman–Crippen LogP) is 2.93. The van der Waals surface area contributed by atoms with E-state index in [-0.39, 0.29) is 10.8 Å². The first-order chi connectivity index (χ1) is 7.22. The van der Waals surface area contributed by atoms with Gasteiger partial charge in [0.05, 0.1) is 11.2 Å². The van der Waals surface area contributed by atoms with Gasteiger partial charge in [-0.25, -0.2) is 0 Å². The molecule has 0 fully saturated rings. The third-order valence-corrected chi connectivity index (χ3v) is 4.02. The molecule has 0 aromatic heterocycles. The molecule has 1 atom stereocenters. The Morgan fingerprint density at radius 2 is 2.00 bits per heavy atom. The highest BCUT2D eigenvalue weighted by atomic mass is 79.9. The van der Waals surface area contributed by atoms with E-state index >= 15 is 0 Å². The number of halogens is 2. The van der Waals surface area contributed by atoms with Crippen LogP contribution in [-0.4, -0.2) is 22.7 Å². The molecule has 1 aromatic rings. The summed E-state index contributed by atoms with van der Waals surface area (Å²) in [6, 6.07) is 9.58. The monoisotopic (exact) mass is 334 g/mol. The van der Waals surface area contributed by atoms with E-state index in [0.29, 0.717) is 13.0 Å². The summed E-state index contributed by atoms with van der Waals surface area (Å²) in [5.41, 5.74) is 0.979. The van der Waals surface area contributed by atoms with Crippen LogP contribution in [0.15, 0.2) is 30.3 Å². The van der Waals surface area contributed by atoms with Crippen LogP contribution in [0.5, 0.6) is 0 Å². The van der Waals surface area contributed by atoms with Gasteiger partial charge in [0.25, 0.3) is 0 Å². The fraction of sp³-hybridized carbons (Fsp3) is 0.364. The maximum absolute atomic E-state index is 11.4. The van der Waals surface area contributed by atoms with E-state index < -0.39 is 0 Å². The molecule has 0 heterocycles.